The molecule has 0 unspecified atom stereocenters. The lowest BCUT2D eigenvalue weighted by Gasteiger charge is -2.23. The second-order valence-electron chi connectivity index (χ2n) is 7.67. The summed E-state index contributed by atoms with van der Waals surface area (Å²) in [6, 6.07) is 3.59. The van der Waals surface area contributed by atoms with Gasteiger partial charge in [-0.1, -0.05) is 17.4 Å². The Kier molecular flexibility index (Phi) is 6.57. The van der Waals surface area contributed by atoms with E-state index in [0.717, 1.165) is 17.0 Å². The molecule has 0 saturated carbocycles. The van der Waals surface area contributed by atoms with Crippen LogP contribution in [-0.4, -0.2) is 41.1 Å². The van der Waals surface area contributed by atoms with Gasteiger partial charge in [0, 0.05) is 18.3 Å². The Balaban J connectivity index is 1.91. The maximum absolute atomic E-state index is 13.6. The van der Waals surface area contributed by atoms with Gasteiger partial charge in [-0.3, -0.25) is 14.0 Å². The number of aryl methyl sites for hydroxylation is 1. The molecule has 1 atom stereocenters. The highest BCUT2D eigenvalue weighted by molar-refractivity contribution is 7.07. The third-order valence-electron chi connectivity index (χ3n) is 5.70. The molecule has 3 heterocycles. The average molecular weight is 505 g/mol. The Morgan fingerprint density at radius 3 is 2.57 bits per heavy atom. The fourth-order valence-electron chi connectivity index (χ4n) is 3.89. The van der Waals surface area contributed by atoms with Gasteiger partial charge in [0.1, 0.15) is 6.04 Å². The van der Waals surface area contributed by atoms with E-state index in [1.54, 1.807) is 30.9 Å². The molecule has 1 aromatic carbocycles. The number of halogens is 2. The zero-order valence-corrected chi connectivity index (χ0v) is 20.4. The van der Waals surface area contributed by atoms with Crippen LogP contribution in [-0.2, 0) is 16.6 Å². The molecule has 0 radical (unpaired) electrons. The Morgan fingerprint density at radius 1 is 1.23 bits per heavy atom. The number of methoxy groups -OCH3 is 2. The summed E-state index contributed by atoms with van der Waals surface area (Å²) in [4.78, 5) is 31.2. The quantitative estimate of drug-likeness (QED) is 0.477. The number of fused-ring (bicyclic) bond motifs is 1. The highest BCUT2D eigenvalue weighted by Gasteiger charge is 2.35. The fraction of sp³-hybridized carbons (Fsp3) is 0.304. The van der Waals surface area contributed by atoms with E-state index in [2.05, 4.69) is 14.8 Å². The third kappa shape index (κ3) is 4.36. The minimum atomic E-state index is -3.00. The topological polar surface area (TPSA) is 96.9 Å². The summed E-state index contributed by atoms with van der Waals surface area (Å²) >= 11 is 1.14. The van der Waals surface area contributed by atoms with E-state index in [9.17, 15) is 18.4 Å². The minimum Gasteiger partial charge on any atom is -0.493 e. The van der Waals surface area contributed by atoms with Crippen molar-refractivity contribution >= 4 is 23.4 Å². The summed E-state index contributed by atoms with van der Waals surface area (Å²) in [5.74, 6) is -0.612. The molecule has 184 valence electrons. The first kappa shape index (κ1) is 24.3. The lowest BCUT2D eigenvalue weighted by atomic mass is 9.96. The predicted molar refractivity (Wildman–Crippen MR) is 123 cm³/mol. The molecular formula is C23H22F2N4O5S. The molecule has 35 heavy (non-hydrogen) atoms. The summed E-state index contributed by atoms with van der Waals surface area (Å²) in [7, 11) is 4.38. The number of allylic oxidation sites excluding steroid dienone is 1. The molecule has 2 aromatic heterocycles. The first-order valence-corrected chi connectivity index (χ1v) is 11.2. The Morgan fingerprint density at radius 2 is 1.97 bits per heavy atom. The molecular weight excluding hydrogens is 482 g/mol. The Bertz CT molecular complexity index is 1520. The van der Waals surface area contributed by atoms with E-state index >= 15 is 0 Å². The van der Waals surface area contributed by atoms with Gasteiger partial charge >= 0.3 is 12.6 Å². The van der Waals surface area contributed by atoms with E-state index in [4.69, 9.17) is 9.47 Å². The summed E-state index contributed by atoms with van der Waals surface area (Å²) in [5, 5.41) is 4.27. The van der Waals surface area contributed by atoms with Crippen LogP contribution in [0.25, 0.3) is 6.08 Å². The number of thiazole rings is 1. The van der Waals surface area contributed by atoms with E-state index in [-0.39, 0.29) is 22.6 Å². The molecule has 9 nitrogen and oxygen atoms in total. The van der Waals surface area contributed by atoms with Gasteiger partial charge in [-0.2, -0.15) is 13.9 Å². The molecule has 1 aliphatic heterocycles. The first-order chi connectivity index (χ1) is 16.7. The maximum atomic E-state index is 13.6. The van der Waals surface area contributed by atoms with E-state index < -0.39 is 18.6 Å². The molecule has 0 spiro atoms. The second kappa shape index (κ2) is 9.45. The molecule has 0 N–H and O–H groups in total. The Hall–Kier alpha value is -3.80. The molecule has 4 rings (SSSR count). The van der Waals surface area contributed by atoms with E-state index in [1.165, 1.54) is 37.0 Å². The van der Waals surface area contributed by atoms with Crippen LogP contribution < -0.4 is 24.4 Å². The predicted octanol–water partition coefficient (Wildman–Crippen LogP) is 2.06. The molecule has 0 fully saturated rings. The summed E-state index contributed by atoms with van der Waals surface area (Å²) < 4.78 is 43.3. The fourth-order valence-corrected chi connectivity index (χ4v) is 4.94. The molecule has 0 saturated heterocycles. The zero-order chi connectivity index (χ0) is 25.4. The number of alkyl halides is 2. The van der Waals surface area contributed by atoms with Crippen LogP contribution in [0.1, 0.15) is 29.8 Å². The molecule has 0 amide bonds. The highest BCUT2D eigenvalue weighted by atomic mass is 32.1. The number of benzene rings is 1. The number of aromatic nitrogens is 3. The van der Waals surface area contributed by atoms with Crippen molar-refractivity contribution in [2.75, 3.05) is 14.2 Å². The summed E-state index contributed by atoms with van der Waals surface area (Å²) in [6.45, 7) is 0.536. The van der Waals surface area contributed by atoms with E-state index in [0.29, 0.717) is 26.2 Å². The van der Waals surface area contributed by atoms with Gasteiger partial charge in [0.05, 0.1) is 36.2 Å². The average Bonchev–Trinajstić information content (AvgIpc) is 3.31. The van der Waals surface area contributed by atoms with Crippen LogP contribution in [0.15, 0.2) is 45.5 Å². The van der Waals surface area contributed by atoms with E-state index in [1.807, 2.05) is 6.92 Å². The number of hydrogen-bond acceptors (Lipinski definition) is 8. The smallest absolute Gasteiger partial charge is 0.387 e. The van der Waals surface area contributed by atoms with Crippen LogP contribution in [0.2, 0.25) is 0 Å². The lowest BCUT2D eigenvalue weighted by molar-refractivity contribution is -0.136. The van der Waals surface area contributed by atoms with Crippen molar-refractivity contribution in [1.82, 2.24) is 14.3 Å². The zero-order valence-electron chi connectivity index (χ0n) is 19.5. The number of nitrogens with zero attached hydrogens (tertiary/aromatic N) is 4. The van der Waals surface area contributed by atoms with Crippen molar-refractivity contribution in [3.05, 3.63) is 72.2 Å². The summed E-state index contributed by atoms with van der Waals surface area (Å²) in [6.07, 6.45) is 3.22. The van der Waals surface area contributed by atoms with Crippen molar-refractivity contribution in [3.63, 3.8) is 0 Å². The SMILES string of the molecule is COC(=O)C1=C(C)N=c2s/c(=C/c3ccc(OC(F)F)c(OC)c3)c(=O)n2[C@@H]1c1cnn(C)c1C. The van der Waals surface area contributed by atoms with Gasteiger partial charge in [-0.25, -0.2) is 9.79 Å². The van der Waals surface area contributed by atoms with Crippen molar-refractivity contribution in [3.8, 4) is 11.5 Å². The van der Waals surface area contributed by atoms with Gasteiger partial charge < -0.3 is 14.2 Å². The number of rotatable bonds is 6. The first-order valence-electron chi connectivity index (χ1n) is 10.4. The number of ether oxygens (including phenoxy) is 3. The normalized spacial score (nSPS) is 15.8. The molecule has 12 heteroatoms. The molecule has 0 bridgehead atoms. The number of esters is 1. The van der Waals surface area contributed by atoms with Crippen LogP contribution in [0, 0.1) is 6.92 Å². The summed E-state index contributed by atoms with van der Waals surface area (Å²) in [5.41, 5.74) is 2.30. The van der Waals surface area contributed by atoms with Gasteiger partial charge in [0.25, 0.3) is 5.56 Å². The number of carbonyl (C=O) groups is 1. The maximum Gasteiger partial charge on any atom is 0.387 e. The van der Waals surface area contributed by atoms with Gasteiger partial charge in [-0.05, 0) is 37.6 Å². The monoisotopic (exact) mass is 504 g/mol. The van der Waals surface area contributed by atoms with Gasteiger partial charge in [0.15, 0.2) is 16.3 Å². The minimum absolute atomic E-state index is 0.0968. The standard InChI is InChI=1S/C23H22F2N4O5S/c1-11-18(21(31)33-5)19(14-10-26-28(3)12(14)2)29-20(30)17(35-23(29)27-11)9-13-6-7-15(34-22(24)25)16(8-13)32-4/h6-10,19,22H,1-5H3/b17-9+/t19-/m1/s1. The lowest BCUT2D eigenvalue weighted by Crippen LogP contribution is -2.40. The largest absolute Gasteiger partial charge is 0.493 e. The van der Waals surface area contributed by atoms with Crippen molar-refractivity contribution in [2.24, 2.45) is 12.0 Å². The van der Waals surface area contributed by atoms with Crippen LogP contribution in [0.5, 0.6) is 11.5 Å². The van der Waals surface area contributed by atoms with Gasteiger partial charge in [0.2, 0.25) is 0 Å². The number of hydrogen-bond donors (Lipinski definition) is 0. The highest BCUT2D eigenvalue weighted by Crippen LogP contribution is 2.32. The van der Waals surface area contributed by atoms with Crippen LogP contribution in [0.4, 0.5) is 8.78 Å². The molecule has 3 aromatic rings. The molecule has 1 aliphatic rings. The van der Waals surface area contributed by atoms with Crippen LogP contribution in [0.3, 0.4) is 0 Å². The van der Waals surface area contributed by atoms with Crippen molar-refractivity contribution in [1.29, 1.82) is 0 Å². The van der Waals surface area contributed by atoms with Crippen molar-refractivity contribution in [2.45, 2.75) is 26.5 Å². The van der Waals surface area contributed by atoms with Crippen LogP contribution >= 0.6 is 11.3 Å². The third-order valence-corrected chi connectivity index (χ3v) is 6.68. The second-order valence-corrected chi connectivity index (χ2v) is 8.68. The molecule has 0 aliphatic carbocycles. The Labute approximate surface area is 202 Å². The van der Waals surface area contributed by atoms with Crippen molar-refractivity contribution < 1.29 is 27.8 Å². The number of carbonyl (C=O) groups excluding carboxylic acids is 1. The van der Waals surface area contributed by atoms with Gasteiger partial charge in [-0.15, -0.1) is 0 Å².